The lowest BCUT2D eigenvalue weighted by molar-refractivity contribution is -0.113. The number of carbonyl (C=O) groups excluding carboxylic acids is 1. The second-order valence-electron chi connectivity index (χ2n) is 8.61. The maximum atomic E-state index is 12.1. The van der Waals surface area contributed by atoms with E-state index in [0.29, 0.717) is 12.5 Å². The summed E-state index contributed by atoms with van der Waals surface area (Å²) in [6.45, 7) is 5.54. The molecule has 4 rings (SSSR count). The quantitative estimate of drug-likeness (QED) is 0.656. The average Bonchev–Trinajstić information content (AvgIpc) is 3.29. The Labute approximate surface area is 190 Å². The maximum absolute atomic E-state index is 12.1. The van der Waals surface area contributed by atoms with Crippen molar-refractivity contribution in [3.8, 4) is 0 Å². The Morgan fingerprint density at radius 3 is 2.26 bits per heavy atom. The predicted octanol–water partition coefficient (Wildman–Crippen LogP) is 5.00. The van der Waals surface area contributed by atoms with Crippen molar-refractivity contribution >= 4 is 17.7 Å². The number of rotatable bonds is 7. The molecule has 0 bridgehead atoms. The fourth-order valence-corrected chi connectivity index (χ4v) is 4.61. The standard InChI is InChI=1S/C25H32ClN3O2/c26-24-9-7-22(8-10-24)23-12-17-29(18-13-23)31-25(30)27-14-11-20-3-5-21(6-4-20)19-28-15-1-2-16-28/h3-10,23H,1-2,11-19H2,(H,27,30). The van der Waals surface area contributed by atoms with Crippen molar-refractivity contribution in [2.75, 3.05) is 32.7 Å². The van der Waals surface area contributed by atoms with E-state index in [-0.39, 0.29) is 6.09 Å². The molecule has 2 heterocycles. The largest absolute Gasteiger partial charge is 0.426 e. The van der Waals surface area contributed by atoms with Crippen LogP contribution in [0.4, 0.5) is 4.79 Å². The van der Waals surface area contributed by atoms with Gasteiger partial charge in [-0.3, -0.25) is 4.90 Å². The van der Waals surface area contributed by atoms with Crippen molar-refractivity contribution in [2.45, 2.75) is 44.6 Å². The molecule has 0 unspecified atom stereocenters. The van der Waals surface area contributed by atoms with Gasteiger partial charge in [0.2, 0.25) is 0 Å². The summed E-state index contributed by atoms with van der Waals surface area (Å²) in [5.74, 6) is 0.494. The molecule has 6 heteroatoms. The molecule has 1 N–H and O–H groups in total. The smallest absolute Gasteiger partial charge is 0.351 e. The molecular weight excluding hydrogens is 410 g/mol. The number of carbonyl (C=O) groups is 1. The maximum Gasteiger partial charge on any atom is 0.426 e. The molecule has 0 radical (unpaired) electrons. The molecule has 2 aliphatic heterocycles. The summed E-state index contributed by atoms with van der Waals surface area (Å²) >= 11 is 5.98. The van der Waals surface area contributed by atoms with E-state index in [0.717, 1.165) is 43.9 Å². The second kappa shape index (κ2) is 11.0. The summed E-state index contributed by atoms with van der Waals surface area (Å²) in [5.41, 5.74) is 3.90. The van der Waals surface area contributed by atoms with E-state index in [9.17, 15) is 4.79 Å². The van der Waals surface area contributed by atoms with Gasteiger partial charge in [-0.2, -0.15) is 0 Å². The van der Waals surface area contributed by atoms with Gasteiger partial charge in [-0.05, 0) is 79.9 Å². The Hall–Kier alpha value is -2.08. The van der Waals surface area contributed by atoms with E-state index in [2.05, 4.69) is 46.6 Å². The summed E-state index contributed by atoms with van der Waals surface area (Å²) in [7, 11) is 0. The average molecular weight is 442 g/mol. The van der Waals surface area contributed by atoms with Crippen LogP contribution < -0.4 is 5.32 Å². The first-order valence-electron chi connectivity index (χ1n) is 11.4. The Morgan fingerprint density at radius 1 is 0.935 bits per heavy atom. The number of likely N-dealkylation sites (tertiary alicyclic amines) is 1. The summed E-state index contributed by atoms with van der Waals surface area (Å²) in [5, 5.41) is 5.41. The highest BCUT2D eigenvalue weighted by atomic mass is 35.5. The molecule has 2 fully saturated rings. The predicted molar refractivity (Wildman–Crippen MR) is 124 cm³/mol. The van der Waals surface area contributed by atoms with Gasteiger partial charge in [0.1, 0.15) is 0 Å². The molecule has 31 heavy (non-hydrogen) atoms. The first-order valence-corrected chi connectivity index (χ1v) is 11.8. The zero-order valence-corrected chi connectivity index (χ0v) is 18.8. The Balaban J connectivity index is 1.13. The molecule has 2 aromatic rings. The van der Waals surface area contributed by atoms with Crippen LogP contribution in [0.2, 0.25) is 5.02 Å². The van der Waals surface area contributed by atoms with Gasteiger partial charge < -0.3 is 10.2 Å². The fraction of sp³-hybridized carbons (Fsp3) is 0.480. The highest BCUT2D eigenvalue weighted by Crippen LogP contribution is 2.28. The van der Waals surface area contributed by atoms with Crippen LogP contribution in [0.1, 0.15) is 48.3 Å². The number of nitrogens with one attached hydrogen (secondary N) is 1. The van der Waals surface area contributed by atoms with Gasteiger partial charge in [0.25, 0.3) is 0 Å². The molecule has 0 atom stereocenters. The molecule has 2 aliphatic rings. The molecule has 0 aliphatic carbocycles. The lowest BCUT2D eigenvalue weighted by Crippen LogP contribution is -2.39. The number of hydrogen-bond acceptors (Lipinski definition) is 4. The zero-order chi connectivity index (χ0) is 21.5. The van der Waals surface area contributed by atoms with Crippen molar-refractivity contribution in [1.82, 2.24) is 15.3 Å². The van der Waals surface area contributed by atoms with E-state index in [4.69, 9.17) is 16.4 Å². The third kappa shape index (κ3) is 6.70. The van der Waals surface area contributed by atoms with E-state index in [1.165, 1.54) is 42.6 Å². The molecular formula is C25H32ClN3O2. The van der Waals surface area contributed by atoms with Gasteiger partial charge in [-0.15, -0.1) is 5.06 Å². The topological polar surface area (TPSA) is 44.8 Å². The molecule has 1 amide bonds. The van der Waals surface area contributed by atoms with Crippen molar-refractivity contribution in [3.05, 3.63) is 70.2 Å². The third-order valence-corrected chi connectivity index (χ3v) is 6.57. The minimum Gasteiger partial charge on any atom is -0.351 e. The molecule has 2 aromatic carbocycles. The van der Waals surface area contributed by atoms with Crippen LogP contribution in [0.5, 0.6) is 0 Å². The summed E-state index contributed by atoms with van der Waals surface area (Å²) < 4.78 is 0. The third-order valence-electron chi connectivity index (χ3n) is 6.32. The monoisotopic (exact) mass is 441 g/mol. The number of benzene rings is 2. The van der Waals surface area contributed by atoms with Crippen molar-refractivity contribution in [2.24, 2.45) is 0 Å². The number of amides is 1. The molecule has 2 saturated heterocycles. The van der Waals surface area contributed by atoms with E-state index in [1.807, 2.05) is 12.1 Å². The summed E-state index contributed by atoms with van der Waals surface area (Å²) in [6.07, 6.45) is 5.02. The minimum absolute atomic E-state index is 0.365. The summed E-state index contributed by atoms with van der Waals surface area (Å²) in [4.78, 5) is 20.1. The summed E-state index contributed by atoms with van der Waals surface area (Å²) in [6, 6.07) is 16.8. The lowest BCUT2D eigenvalue weighted by atomic mass is 9.90. The van der Waals surface area contributed by atoms with Crippen molar-refractivity contribution in [1.29, 1.82) is 0 Å². The van der Waals surface area contributed by atoms with E-state index in [1.54, 1.807) is 5.06 Å². The number of hydroxylamine groups is 2. The normalized spacial score (nSPS) is 18.2. The Morgan fingerprint density at radius 2 is 1.58 bits per heavy atom. The Bertz CT molecular complexity index is 827. The van der Waals surface area contributed by atoms with Crippen molar-refractivity contribution in [3.63, 3.8) is 0 Å². The van der Waals surface area contributed by atoms with Crippen LogP contribution in [0, 0.1) is 0 Å². The minimum atomic E-state index is -0.365. The molecule has 166 valence electrons. The zero-order valence-electron chi connectivity index (χ0n) is 18.1. The van der Waals surface area contributed by atoms with Gasteiger partial charge in [0.15, 0.2) is 0 Å². The van der Waals surface area contributed by atoms with Gasteiger partial charge in [0.05, 0.1) is 0 Å². The molecule has 5 nitrogen and oxygen atoms in total. The van der Waals surface area contributed by atoms with E-state index < -0.39 is 0 Å². The number of nitrogens with zero attached hydrogens (tertiary/aromatic N) is 2. The molecule has 0 spiro atoms. The first kappa shape index (κ1) is 22.1. The Kier molecular flexibility index (Phi) is 7.84. The van der Waals surface area contributed by atoms with Crippen LogP contribution in [0.3, 0.4) is 0 Å². The van der Waals surface area contributed by atoms with Gasteiger partial charge >= 0.3 is 6.09 Å². The highest BCUT2D eigenvalue weighted by molar-refractivity contribution is 6.30. The van der Waals surface area contributed by atoms with Crippen LogP contribution >= 0.6 is 11.6 Å². The van der Waals surface area contributed by atoms with Gasteiger partial charge in [-0.1, -0.05) is 48.0 Å². The first-order chi connectivity index (χ1) is 15.2. The SMILES string of the molecule is O=C(NCCc1ccc(CN2CCCC2)cc1)ON1CCC(c2ccc(Cl)cc2)CC1. The van der Waals surface area contributed by atoms with Crippen LogP contribution in [0.25, 0.3) is 0 Å². The van der Waals surface area contributed by atoms with Crippen LogP contribution in [-0.4, -0.2) is 48.8 Å². The number of piperidine rings is 1. The highest BCUT2D eigenvalue weighted by Gasteiger charge is 2.23. The second-order valence-corrected chi connectivity index (χ2v) is 9.05. The van der Waals surface area contributed by atoms with Crippen LogP contribution in [-0.2, 0) is 17.8 Å². The molecule has 0 saturated carbocycles. The number of halogens is 1. The fourth-order valence-electron chi connectivity index (χ4n) is 4.48. The number of hydrogen-bond donors (Lipinski definition) is 1. The lowest BCUT2D eigenvalue weighted by Gasteiger charge is -2.30. The van der Waals surface area contributed by atoms with Crippen molar-refractivity contribution < 1.29 is 9.63 Å². The molecule has 0 aromatic heterocycles. The van der Waals surface area contributed by atoms with Gasteiger partial charge in [0, 0.05) is 31.2 Å². The van der Waals surface area contributed by atoms with E-state index >= 15 is 0 Å². The van der Waals surface area contributed by atoms with Crippen LogP contribution in [0.15, 0.2) is 48.5 Å². The van der Waals surface area contributed by atoms with Gasteiger partial charge in [-0.25, -0.2) is 4.79 Å².